The van der Waals surface area contributed by atoms with Crippen molar-refractivity contribution in [2.24, 2.45) is 21.0 Å². The van der Waals surface area contributed by atoms with Crippen LogP contribution in [0.25, 0.3) is 0 Å². The Morgan fingerprint density at radius 2 is 1.90 bits per heavy atom. The molecular weight excluding hydrogens is 391 g/mol. The van der Waals surface area contributed by atoms with E-state index in [9.17, 15) is 14.0 Å². The molecule has 9 nitrogen and oxygen atoms in total. The number of hydrazone groups is 1. The summed E-state index contributed by atoms with van der Waals surface area (Å²) in [6, 6.07) is 14.8. The first kappa shape index (κ1) is 20.6. The first-order valence-electron chi connectivity index (χ1n) is 8.97. The van der Waals surface area contributed by atoms with Gasteiger partial charge in [-0.25, -0.2) is 4.39 Å². The van der Waals surface area contributed by atoms with Crippen LogP contribution in [0.3, 0.4) is 0 Å². The molecule has 1 amide bonds. The number of nitrogens with two attached hydrogens (primary N) is 1. The number of rotatable bonds is 8. The third-order valence-corrected chi connectivity index (χ3v) is 3.92. The summed E-state index contributed by atoms with van der Waals surface area (Å²) in [5.74, 6) is -1.57. The van der Waals surface area contributed by atoms with Gasteiger partial charge >= 0.3 is 5.97 Å². The van der Waals surface area contributed by atoms with Crippen molar-refractivity contribution in [2.45, 2.75) is 13.0 Å². The third-order valence-electron chi connectivity index (χ3n) is 3.92. The standard InChI is InChI=1S/C20H19FN6O3/c21-14-7-4-8-15(9-14)24-26-19-16(25-27-20(19)22)11-23-17(28)10-18(29)30-12-13-5-2-1-3-6-13/h1-9,24H,10-12H2,(H,23,28)(H2,22,26,27). The molecule has 2 aromatic rings. The molecule has 0 atom stereocenters. The number of carbonyl (C=O) groups excluding carboxylic acids is 2. The van der Waals surface area contributed by atoms with Crippen LogP contribution in [0.4, 0.5) is 10.1 Å². The number of esters is 1. The Morgan fingerprint density at radius 3 is 2.67 bits per heavy atom. The molecule has 0 aliphatic carbocycles. The van der Waals surface area contributed by atoms with Crippen molar-refractivity contribution in [3.8, 4) is 0 Å². The number of ether oxygens (including phenoxy) is 1. The minimum absolute atomic E-state index is 0.0430. The van der Waals surface area contributed by atoms with E-state index in [0.29, 0.717) is 11.4 Å². The number of amides is 1. The molecule has 154 valence electrons. The minimum Gasteiger partial charge on any atom is -0.460 e. The molecule has 10 heteroatoms. The Kier molecular flexibility index (Phi) is 6.83. The zero-order valence-corrected chi connectivity index (χ0v) is 15.8. The van der Waals surface area contributed by atoms with Crippen molar-refractivity contribution in [3.05, 3.63) is 66.0 Å². The summed E-state index contributed by atoms with van der Waals surface area (Å²) < 4.78 is 18.3. The lowest BCUT2D eigenvalue weighted by atomic mass is 10.2. The number of nitrogens with one attached hydrogen (secondary N) is 2. The van der Waals surface area contributed by atoms with Crippen molar-refractivity contribution in [3.63, 3.8) is 0 Å². The van der Waals surface area contributed by atoms with Gasteiger partial charge in [-0.1, -0.05) is 36.4 Å². The maximum atomic E-state index is 13.2. The minimum atomic E-state index is -0.651. The summed E-state index contributed by atoms with van der Waals surface area (Å²) in [6.45, 7) is 0.0469. The van der Waals surface area contributed by atoms with Crippen LogP contribution in [0, 0.1) is 5.82 Å². The fraction of sp³-hybridized carbons (Fsp3) is 0.150. The average Bonchev–Trinajstić information content (AvgIpc) is 3.09. The van der Waals surface area contributed by atoms with Crippen LogP contribution < -0.4 is 16.5 Å². The van der Waals surface area contributed by atoms with Crippen LogP contribution >= 0.6 is 0 Å². The zero-order chi connectivity index (χ0) is 21.3. The molecule has 2 aromatic carbocycles. The second-order valence-corrected chi connectivity index (χ2v) is 6.21. The van der Waals surface area contributed by atoms with E-state index in [4.69, 9.17) is 10.5 Å². The van der Waals surface area contributed by atoms with Crippen LogP contribution in [-0.2, 0) is 20.9 Å². The predicted octanol–water partition coefficient (Wildman–Crippen LogP) is 1.57. The summed E-state index contributed by atoms with van der Waals surface area (Å²) in [5.41, 5.74) is 10.2. The van der Waals surface area contributed by atoms with E-state index in [2.05, 4.69) is 26.0 Å². The number of halogens is 1. The maximum absolute atomic E-state index is 13.2. The highest BCUT2D eigenvalue weighted by Crippen LogP contribution is 2.09. The lowest BCUT2D eigenvalue weighted by Crippen LogP contribution is -2.37. The molecule has 1 aliphatic rings. The lowest BCUT2D eigenvalue weighted by Gasteiger charge is -2.08. The number of amidine groups is 1. The Hall–Kier alpha value is -4.08. The van der Waals surface area contributed by atoms with Crippen LogP contribution in [0.2, 0.25) is 0 Å². The Labute approximate surface area is 171 Å². The molecule has 0 bridgehead atoms. The molecule has 0 spiro atoms. The Morgan fingerprint density at radius 1 is 1.10 bits per heavy atom. The SMILES string of the molecule is NC1=NN=C(CNC(=O)CC(=O)OCc2ccccc2)/C1=N/Nc1cccc(F)c1. The van der Waals surface area contributed by atoms with E-state index in [0.717, 1.165) is 5.56 Å². The molecule has 0 aromatic heterocycles. The van der Waals surface area contributed by atoms with Gasteiger partial charge in [-0.3, -0.25) is 15.0 Å². The van der Waals surface area contributed by atoms with E-state index in [1.54, 1.807) is 6.07 Å². The predicted molar refractivity (Wildman–Crippen MR) is 110 cm³/mol. The van der Waals surface area contributed by atoms with Crippen LogP contribution in [0.15, 0.2) is 69.9 Å². The fourth-order valence-corrected chi connectivity index (χ4v) is 2.44. The molecule has 0 saturated heterocycles. The van der Waals surface area contributed by atoms with Crippen molar-refractivity contribution in [2.75, 3.05) is 12.0 Å². The molecular formula is C20H19FN6O3. The van der Waals surface area contributed by atoms with Gasteiger partial charge in [0.1, 0.15) is 24.6 Å². The van der Waals surface area contributed by atoms with Crippen LogP contribution in [0.5, 0.6) is 0 Å². The number of carbonyl (C=O) groups is 2. The maximum Gasteiger partial charge on any atom is 0.315 e. The quantitative estimate of drug-likeness (QED) is 0.345. The molecule has 30 heavy (non-hydrogen) atoms. The number of benzene rings is 2. The summed E-state index contributed by atoms with van der Waals surface area (Å²) in [7, 11) is 0. The van der Waals surface area contributed by atoms with Gasteiger partial charge in [0.2, 0.25) is 5.91 Å². The van der Waals surface area contributed by atoms with E-state index in [-0.39, 0.29) is 24.7 Å². The average molecular weight is 410 g/mol. The van der Waals surface area contributed by atoms with Crippen molar-refractivity contribution in [1.82, 2.24) is 5.32 Å². The number of nitrogens with zero attached hydrogens (tertiary/aromatic N) is 3. The van der Waals surface area contributed by atoms with Crippen LogP contribution in [-0.4, -0.2) is 35.7 Å². The number of anilines is 1. The van der Waals surface area contributed by atoms with E-state index in [1.165, 1.54) is 18.2 Å². The van der Waals surface area contributed by atoms with Gasteiger partial charge in [-0.15, -0.1) is 10.2 Å². The van der Waals surface area contributed by atoms with E-state index >= 15 is 0 Å². The molecule has 0 radical (unpaired) electrons. The highest BCUT2D eigenvalue weighted by molar-refractivity contribution is 6.70. The molecule has 4 N–H and O–H groups in total. The monoisotopic (exact) mass is 410 g/mol. The second-order valence-electron chi connectivity index (χ2n) is 6.21. The number of hydrogen-bond donors (Lipinski definition) is 3. The first-order valence-corrected chi connectivity index (χ1v) is 8.97. The van der Waals surface area contributed by atoms with Gasteiger partial charge in [0, 0.05) is 0 Å². The molecule has 1 heterocycles. The summed E-state index contributed by atoms with van der Waals surface area (Å²) >= 11 is 0. The second kappa shape index (κ2) is 9.92. The lowest BCUT2D eigenvalue weighted by molar-refractivity contribution is -0.147. The van der Waals surface area contributed by atoms with Gasteiger partial charge in [0.05, 0.1) is 12.2 Å². The fourth-order valence-electron chi connectivity index (χ4n) is 2.44. The highest BCUT2D eigenvalue weighted by Gasteiger charge is 2.21. The molecule has 1 aliphatic heterocycles. The molecule has 0 unspecified atom stereocenters. The Bertz CT molecular complexity index is 1020. The van der Waals surface area contributed by atoms with Crippen molar-refractivity contribution in [1.29, 1.82) is 0 Å². The van der Waals surface area contributed by atoms with E-state index < -0.39 is 24.1 Å². The smallest absolute Gasteiger partial charge is 0.315 e. The normalized spacial score (nSPS) is 14.1. The molecule has 0 fully saturated rings. The van der Waals surface area contributed by atoms with Crippen molar-refractivity contribution < 1.29 is 18.7 Å². The largest absolute Gasteiger partial charge is 0.460 e. The highest BCUT2D eigenvalue weighted by atomic mass is 19.1. The first-order chi connectivity index (χ1) is 14.5. The number of hydrogen-bond acceptors (Lipinski definition) is 8. The summed E-state index contributed by atoms with van der Waals surface area (Å²) in [5, 5.41) is 14.2. The van der Waals surface area contributed by atoms with Gasteiger partial charge in [0.25, 0.3) is 0 Å². The van der Waals surface area contributed by atoms with Crippen LogP contribution in [0.1, 0.15) is 12.0 Å². The molecule has 3 rings (SSSR count). The van der Waals surface area contributed by atoms with Crippen molar-refractivity contribution >= 4 is 34.8 Å². The molecule has 0 saturated carbocycles. The Balaban J connectivity index is 1.47. The third kappa shape index (κ3) is 5.96. The summed E-state index contributed by atoms with van der Waals surface area (Å²) in [6.07, 6.45) is -0.440. The summed E-state index contributed by atoms with van der Waals surface area (Å²) in [4.78, 5) is 23.8. The van der Waals surface area contributed by atoms with Gasteiger partial charge in [-0.2, -0.15) is 5.10 Å². The van der Waals surface area contributed by atoms with Gasteiger partial charge < -0.3 is 15.8 Å². The van der Waals surface area contributed by atoms with Gasteiger partial charge in [0.15, 0.2) is 11.5 Å². The van der Waals surface area contributed by atoms with E-state index in [1.807, 2.05) is 30.3 Å². The zero-order valence-electron chi connectivity index (χ0n) is 15.8. The van der Waals surface area contributed by atoms with Gasteiger partial charge in [-0.05, 0) is 23.8 Å². The topological polar surface area (TPSA) is 131 Å².